The molecular weight excluding hydrogens is 350 g/mol. The number of amides is 1. The number of nitrogens with zero attached hydrogens (tertiary/aromatic N) is 1. The van der Waals surface area contributed by atoms with Crippen LogP contribution in [0.2, 0.25) is 0 Å². The summed E-state index contributed by atoms with van der Waals surface area (Å²) >= 11 is 0. The first-order valence-corrected chi connectivity index (χ1v) is 10.1. The molecular formula is C24H29NO3. The van der Waals surface area contributed by atoms with Crippen molar-refractivity contribution in [1.82, 2.24) is 4.90 Å². The molecule has 0 unspecified atom stereocenters. The van der Waals surface area contributed by atoms with Gasteiger partial charge in [0.2, 0.25) is 0 Å². The number of carbonyl (C=O) groups excluding carboxylic acids is 2. The molecule has 0 aromatic heterocycles. The second-order valence-electron chi connectivity index (χ2n) is 7.96. The van der Waals surface area contributed by atoms with Crippen LogP contribution in [0.15, 0.2) is 54.6 Å². The van der Waals surface area contributed by atoms with Crippen LogP contribution >= 0.6 is 0 Å². The second-order valence-corrected chi connectivity index (χ2v) is 7.96. The van der Waals surface area contributed by atoms with E-state index in [1.54, 1.807) is 4.90 Å². The maximum Gasteiger partial charge on any atom is 0.410 e. The standard InChI is InChI=1S/C24H29NO3/c1-18(2)16-19-8-10-21(11-9-19)23(26)22-12-14-25(15-13-22)24(27)28-17-20-6-4-3-5-7-20/h3-11,18,22H,12-17H2,1-2H3. The summed E-state index contributed by atoms with van der Waals surface area (Å²) in [5.74, 6) is 0.773. The third kappa shape index (κ3) is 5.44. The van der Waals surface area contributed by atoms with Crippen LogP contribution in [0, 0.1) is 11.8 Å². The van der Waals surface area contributed by atoms with Gasteiger partial charge in [0.05, 0.1) is 0 Å². The van der Waals surface area contributed by atoms with Crippen molar-refractivity contribution in [2.45, 2.75) is 39.7 Å². The molecule has 0 atom stereocenters. The summed E-state index contributed by atoms with van der Waals surface area (Å²) < 4.78 is 5.39. The molecule has 148 valence electrons. The van der Waals surface area contributed by atoms with Gasteiger partial charge in [-0.2, -0.15) is 0 Å². The number of benzene rings is 2. The third-order valence-electron chi connectivity index (χ3n) is 5.21. The number of piperidine rings is 1. The fourth-order valence-corrected chi connectivity index (χ4v) is 3.65. The molecule has 0 bridgehead atoms. The minimum absolute atomic E-state index is 0.0193. The smallest absolute Gasteiger partial charge is 0.410 e. The Kier molecular flexibility index (Phi) is 6.85. The molecule has 1 fully saturated rings. The van der Waals surface area contributed by atoms with Gasteiger partial charge in [0.1, 0.15) is 6.61 Å². The molecule has 0 radical (unpaired) electrons. The molecule has 0 aliphatic carbocycles. The van der Waals surface area contributed by atoms with E-state index >= 15 is 0 Å². The highest BCUT2D eigenvalue weighted by Crippen LogP contribution is 2.23. The Hall–Kier alpha value is -2.62. The van der Waals surface area contributed by atoms with Crippen LogP contribution in [0.4, 0.5) is 4.79 Å². The van der Waals surface area contributed by atoms with E-state index in [0.29, 0.717) is 31.8 Å². The number of ether oxygens (including phenoxy) is 1. The Labute approximate surface area is 167 Å². The van der Waals surface area contributed by atoms with Crippen molar-refractivity contribution in [3.05, 3.63) is 71.3 Å². The van der Waals surface area contributed by atoms with Crippen molar-refractivity contribution in [2.24, 2.45) is 11.8 Å². The first-order valence-electron chi connectivity index (χ1n) is 10.1. The molecule has 0 saturated carbocycles. The highest BCUT2D eigenvalue weighted by Gasteiger charge is 2.28. The highest BCUT2D eigenvalue weighted by molar-refractivity contribution is 5.98. The Morgan fingerprint density at radius 2 is 1.61 bits per heavy atom. The van der Waals surface area contributed by atoms with E-state index < -0.39 is 0 Å². The van der Waals surface area contributed by atoms with Crippen molar-refractivity contribution in [2.75, 3.05) is 13.1 Å². The fourth-order valence-electron chi connectivity index (χ4n) is 3.65. The number of carbonyl (C=O) groups is 2. The van der Waals surface area contributed by atoms with Gasteiger partial charge in [0.25, 0.3) is 0 Å². The summed E-state index contributed by atoms with van der Waals surface area (Å²) in [4.78, 5) is 26.8. The lowest BCUT2D eigenvalue weighted by Gasteiger charge is -2.30. The number of hydrogen-bond donors (Lipinski definition) is 0. The van der Waals surface area contributed by atoms with E-state index in [2.05, 4.69) is 26.0 Å². The number of rotatable bonds is 6. The predicted molar refractivity (Wildman–Crippen MR) is 110 cm³/mol. The van der Waals surface area contributed by atoms with Gasteiger partial charge >= 0.3 is 6.09 Å². The maximum absolute atomic E-state index is 12.8. The molecule has 0 spiro atoms. The molecule has 1 aliphatic heterocycles. The first kappa shape index (κ1) is 20.1. The van der Waals surface area contributed by atoms with Gasteiger partial charge in [-0.3, -0.25) is 4.79 Å². The number of ketones is 1. The monoisotopic (exact) mass is 379 g/mol. The molecule has 3 rings (SSSR count). The number of likely N-dealkylation sites (tertiary alicyclic amines) is 1. The van der Waals surface area contributed by atoms with E-state index in [-0.39, 0.29) is 24.4 Å². The van der Waals surface area contributed by atoms with Gasteiger partial charge in [-0.15, -0.1) is 0 Å². The first-order chi connectivity index (χ1) is 13.5. The Morgan fingerprint density at radius 3 is 2.21 bits per heavy atom. The lowest BCUT2D eigenvalue weighted by Crippen LogP contribution is -2.40. The van der Waals surface area contributed by atoms with Crippen LogP contribution in [-0.2, 0) is 17.8 Å². The van der Waals surface area contributed by atoms with E-state index in [0.717, 1.165) is 17.5 Å². The lowest BCUT2D eigenvalue weighted by atomic mass is 9.88. The second kappa shape index (κ2) is 9.54. The summed E-state index contributed by atoms with van der Waals surface area (Å²) in [6.07, 6.45) is 2.10. The van der Waals surface area contributed by atoms with Crippen LogP contribution in [0.1, 0.15) is 48.2 Å². The minimum atomic E-state index is -0.298. The zero-order valence-electron chi connectivity index (χ0n) is 16.8. The van der Waals surface area contributed by atoms with Crippen molar-refractivity contribution in [1.29, 1.82) is 0 Å². The Balaban J connectivity index is 1.47. The van der Waals surface area contributed by atoms with Crippen molar-refractivity contribution in [3.8, 4) is 0 Å². The molecule has 1 saturated heterocycles. The van der Waals surface area contributed by atoms with Crippen LogP contribution in [0.25, 0.3) is 0 Å². The lowest BCUT2D eigenvalue weighted by molar-refractivity contribution is 0.0713. The summed E-state index contributed by atoms with van der Waals surface area (Å²) in [6, 6.07) is 17.7. The molecule has 1 heterocycles. The third-order valence-corrected chi connectivity index (χ3v) is 5.21. The van der Waals surface area contributed by atoms with Gasteiger partial charge < -0.3 is 9.64 Å². The molecule has 4 heteroatoms. The maximum atomic E-state index is 12.8. The van der Waals surface area contributed by atoms with Gasteiger partial charge in [-0.05, 0) is 36.3 Å². The summed E-state index contributed by atoms with van der Waals surface area (Å²) in [6.45, 7) is 5.79. The van der Waals surface area contributed by atoms with Crippen LogP contribution < -0.4 is 0 Å². The molecule has 4 nitrogen and oxygen atoms in total. The zero-order chi connectivity index (χ0) is 19.9. The average Bonchev–Trinajstić information content (AvgIpc) is 2.72. The van der Waals surface area contributed by atoms with Gasteiger partial charge in [0.15, 0.2) is 5.78 Å². The van der Waals surface area contributed by atoms with E-state index in [4.69, 9.17) is 4.74 Å². The van der Waals surface area contributed by atoms with Crippen LogP contribution in [0.5, 0.6) is 0 Å². The Bertz CT molecular complexity index is 775. The topological polar surface area (TPSA) is 46.6 Å². The Morgan fingerprint density at radius 1 is 0.964 bits per heavy atom. The van der Waals surface area contributed by atoms with Crippen molar-refractivity contribution >= 4 is 11.9 Å². The average molecular weight is 380 g/mol. The van der Waals surface area contributed by atoms with Crippen LogP contribution in [-0.4, -0.2) is 29.9 Å². The summed E-state index contributed by atoms with van der Waals surface area (Å²) in [5, 5.41) is 0. The van der Waals surface area contributed by atoms with E-state index in [1.165, 1.54) is 5.56 Å². The number of hydrogen-bond acceptors (Lipinski definition) is 3. The van der Waals surface area contributed by atoms with Gasteiger partial charge in [0, 0.05) is 24.6 Å². The van der Waals surface area contributed by atoms with Crippen LogP contribution in [0.3, 0.4) is 0 Å². The van der Waals surface area contributed by atoms with E-state index in [9.17, 15) is 9.59 Å². The normalized spacial score (nSPS) is 14.9. The fraction of sp³-hybridized carbons (Fsp3) is 0.417. The van der Waals surface area contributed by atoms with Gasteiger partial charge in [-0.1, -0.05) is 68.4 Å². The van der Waals surface area contributed by atoms with Crippen molar-refractivity contribution in [3.63, 3.8) is 0 Å². The molecule has 2 aromatic carbocycles. The molecule has 28 heavy (non-hydrogen) atoms. The highest BCUT2D eigenvalue weighted by atomic mass is 16.6. The van der Waals surface area contributed by atoms with Crippen molar-refractivity contribution < 1.29 is 14.3 Å². The predicted octanol–water partition coefficient (Wildman–Crippen LogP) is 5.12. The quantitative estimate of drug-likeness (QED) is 0.655. The van der Waals surface area contributed by atoms with E-state index in [1.807, 2.05) is 42.5 Å². The van der Waals surface area contributed by atoms with Gasteiger partial charge in [-0.25, -0.2) is 4.79 Å². The largest absolute Gasteiger partial charge is 0.445 e. The molecule has 0 N–H and O–H groups in total. The zero-order valence-corrected chi connectivity index (χ0v) is 16.8. The number of Topliss-reactive ketones (excluding diaryl/α,β-unsaturated/α-hetero) is 1. The molecule has 1 aliphatic rings. The summed E-state index contributed by atoms with van der Waals surface area (Å²) in [7, 11) is 0. The molecule has 2 aromatic rings. The molecule has 1 amide bonds. The SMILES string of the molecule is CC(C)Cc1ccc(C(=O)C2CCN(C(=O)OCc3ccccc3)CC2)cc1. The summed E-state index contributed by atoms with van der Waals surface area (Å²) in [5.41, 5.74) is 3.02. The minimum Gasteiger partial charge on any atom is -0.445 e.